The van der Waals surface area contributed by atoms with Crippen molar-refractivity contribution in [2.24, 2.45) is 5.73 Å². The van der Waals surface area contributed by atoms with E-state index >= 15 is 0 Å². The maximum absolute atomic E-state index is 6.28. The molecule has 0 saturated heterocycles. The summed E-state index contributed by atoms with van der Waals surface area (Å²) in [6.45, 7) is 2.63. The fourth-order valence-electron chi connectivity index (χ4n) is 2.68. The van der Waals surface area contributed by atoms with Gasteiger partial charge in [0.15, 0.2) is 0 Å². The first kappa shape index (κ1) is 13.0. The zero-order valence-electron chi connectivity index (χ0n) is 11.6. The van der Waals surface area contributed by atoms with Gasteiger partial charge in [-0.3, -0.25) is 0 Å². The number of hydrogen-bond donors (Lipinski definition) is 1. The first-order chi connectivity index (χ1) is 9.79. The van der Waals surface area contributed by atoms with Gasteiger partial charge in [0.25, 0.3) is 0 Å². The predicted molar refractivity (Wildman–Crippen MR) is 79.0 cm³/mol. The van der Waals surface area contributed by atoms with Gasteiger partial charge in [-0.1, -0.05) is 36.4 Å². The molecule has 2 aromatic rings. The van der Waals surface area contributed by atoms with Crippen molar-refractivity contribution >= 4 is 0 Å². The first-order valence-corrected chi connectivity index (χ1v) is 7.02. The Morgan fingerprint density at radius 1 is 1.10 bits per heavy atom. The molecular formula is C17H19NO2. The van der Waals surface area contributed by atoms with Crippen LogP contribution in [0, 0.1) is 0 Å². The van der Waals surface area contributed by atoms with Gasteiger partial charge in [-0.25, -0.2) is 0 Å². The van der Waals surface area contributed by atoms with Gasteiger partial charge >= 0.3 is 0 Å². The maximum Gasteiger partial charge on any atom is 0.129 e. The molecule has 3 nitrogen and oxygen atoms in total. The highest BCUT2D eigenvalue weighted by Crippen LogP contribution is 2.41. The van der Waals surface area contributed by atoms with Gasteiger partial charge in [-0.05, 0) is 19.1 Å². The van der Waals surface area contributed by atoms with Crippen LogP contribution in [-0.4, -0.2) is 6.61 Å². The van der Waals surface area contributed by atoms with Crippen molar-refractivity contribution in [3.63, 3.8) is 0 Å². The molecule has 104 valence electrons. The number of hydrogen-bond acceptors (Lipinski definition) is 3. The second-order valence-corrected chi connectivity index (χ2v) is 4.96. The number of fused-ring (bicyclic) bond motifs is 1. The van der Waals surface area contributed by atoms with Crippen molar-refractivity contribution in [1.29, 1.82) is 0 Å². The second kappa shape index (κ2) is 5.55. The molecule has 0 saturated carbocycles. The molecule has 0 radical (unpaired) electrons. The molecule has 3 rings (SSSR count). The minimum absolute atomic E-state index is 0.000340. The Morgan fingerprint density at radius 2 is 1.80 bits per heavy atom. The number of benzene rings is 2. The van der Waals surface area contributed by atoms with Gasteiger partial charge in [0, 0.05) is 23.6 Å². The number of nitrogens with two attached hydrogens (primary N) is 1. The van der Waals surface area contributed by atoms with Crippen LogP contribution in [0.5, 0.6) is 11.5 Å². The van der Waals surface area contributed by atoms with Gasteiger partial charge in [0.2, 0.25) is 0 Å². The molecule has 1 heterocycles. The smallest absolute Gasteiger partial charge is 0.129 e. The van der Waals surface area contributed by atoms with E-state index in [-0.39, 0.29) is 12.1 Å². The van der Waals surface area contributed by atoms with Gasteiger partial charge in [-0.15, -0.1) is 0 Å². The van der Waals surface area contributed by atoms with Crippen molar-refractivity contribution in [1.82, 2.24) is 0 Å². The summed E-state index contributed by atoms with van der Waals surface area (Å²) in [5, 5.41) is 0. The third kappa shape index (κ3) is 2.37. The molecule has 0 aliphatic carbocycles. The van der Waals surface area contributed by atoms with Crippen molar-refractivity contribution in [2.75, 3.05) is 6.61 Å². The normalized spacial score (nSPS) is 20.9. The van der Waals surface area contributed by atoms with E-state index in [0.29, 0.717) is 6.61 Å². The molecule has 1 unspecified atom stereocenters. The largest absolute Gasteiger partial charge is 0.493 e. The maximum atomic E-state index is 6.28. The second-order valence-electron chi connectivity index (χ2n) is 4.96. The molecule has 2 atom stereocenters. The lowest BCUT2D eigenvalue weighted by Gasteiger charge is -2.31. The summed E-state index contributed by atoms with van der Waals surface area (Å²) in [5.41, 5.74) is 8.43. The summed E-state index contributed by atoms with van der Waals surface area (Å²) in [4.78, 5) is 0. The molecule has 20 heavy (non-hydrogen) atoms. The molecule has 1 aliphatic rings. The van der Waals surface area contributed by atoms with Crippen molar-refractivity contribution in [3.8, 4) is 11.5 Å². The number of ether oxygens (including phenoxy) is 2. The Labute approximate surface area is 119 Å². The molecule has 0 amide bonds. The van der Waals surface area contributed by atoms with Crippen LogP contribution in [0.3, 0.4) is 0 Å². The standard InChI is InChI=1S/C17H19NO2/c1-2-19-15-9-5-4-8-13(15)17-11-14(18)12-7-3-6-10-16(12)20-17/h3-10,14,17H,2,11,18H2,1H3/t14-,17?/m0/s1. The molecule has 3 heteroatoms. The third-order valence-corrected chi connectivity index (χ3v) is 3.62. The zero-order chi connectivity index (χ0) is 13.9. The Morgan fingerprint density at radius 3 is 2.60 bits per heavy atom. The van der Waals surface area contributed by atoms with E-state index in [2.05, 4.69) is 6.07 Å². The summed E-state index contributed by atoms with van der Waals surface area (Å²) >= 11 is 0. The highest BCUT2D eigenvalue weighted by atomic mass is 16.5. The van der Waals surface area contributed by atoms with E-state index in [1.165, 1.54) is 0 Å². The Kier molecular flexibility index (Phi) is 3.61. The highest BCUT2D eigenvalue weighted by Gasteiger charge is 2.28. The Balaban J connectivity index is 1.94. The van der Waals surface area contributed by atoms with Crippen LogP contribution in [0.4, 0.5) is 0 Å². The van der Waals surface area contributed by atoms with Gasteiger partial charge < -0.3 is 15.2 Å². The van der Waals surface area contributed by atoms with E-state index in [1.807, 2.05) is 49.4 Å². The van der Waals surface area contributed by atoms with Crippen LogP contribution in [0.25, 0.3) is 0 Å². The fourth-order valence-corrected chi connectivity index (χ4v) is 2.68. The van der Waals surface area contributed by atoms with Crippen molar-refractivity contribution in [3.05, 3.63) is 59.7 Å². The van der Waals surface area contributed by atoms with E-state index in [9.17, 15) is 0 Å². The molecule has 2 N–H and O–H groups in total. The first-order valence-electron chi connectivity index (χ1n) is 7.02. The Hall–Kier alpha value is -2.00. The summed E-state index contributed by atoms with van der Waals surface area (Å²) in [6, 6.07) is 16.0. The molecular weight excluding hydrogens is 250 g/mol. The lowest BCUT2D eigenvalue weighted by molar-refractivity contribution is 0.156. The van der Waals surface area contributed by atoms with Gasteiger partial charge in [0.1, 0.15) is 17.6 Å². The number of rotatable bonds is 3. The molecule has 0 fully saturated rings. The summed E-state index contributed by atoms with van der Waals surface area (Å²) in [5.74, 6) is 1.76. The number of para-hydroxylation sites is 2. The van der Waals surface area contributed by atoms with Crippen LogP contribution in [0.1, 0.15) is 36.6 Å². The summed E-state index contributed by atoms with van der Waals surface area (Å²) in [7, 11) is 0. The molecule has 2 aromatic carbocycles. The monoisotopic (exact) mass is 269 g/mol. The lowest BCUT2D eigenvalue weighted by Crippen LogP contribution is -2.24. The molecule has 0 bridgehead atoms. The topological polar surface area (TPSA) is 44.5 Å². The van der Waals surface area contributed by atoms with Gasteiger partial charge in [0.05, 0.1) is 6.61 Å². The van der Waals surface area contributed by atoms with Crippen LogP contribution in [0.2, 0.25) is 0 Å². The van der Waals surface area contributed by atoms with Crippen LogP contribution >= 0.6 is 0 Å². The van der Waals surface area contributed by atoms with E-state index in [0.717, 1.165) is 29.0 Å². The van der Waals surface area contributed by atoms with Gasteiger partial charge in [-0.2, -0.15) is 0 Å². The van der Waals surface area contributed by atoms with Crippen molar-refractivity contribution < 1.29 is 9.47 Å². The van der Waals surface area contributed by atoms with E-state index < -0.39 is 0 Å². The fraction of sp³-hybridized carbons (Fsp3) is 0.294. The van der Waals surface area contributed by atoms with Crippen LogP contribution < -0.4 is 15.2 Å². The quantitative estimate of drug-likeness (QED) is 0.925. The molecule has 1 aliphatic heterocycles. The highest BCUT2D eigenvalue weighted by molar-refractivity contribution is 5.42. The molecule has 0 aromatic heterocycles. The lowest BCUT2D eigenvalue weighted by atomic mass is 9.93. The minimum Gasteiger partial charge on any atom is -0.493 e. The average Bonchev–Trinajstić information content (AvgIpc) is 2.48. The summed E-state index contributed by atoms with van der Waals surface area (Å²) in [6.07, 6.45) is 0.712. The zero-order valence-corrected chi connectivity index (χ0v) is 11.6. The molecule has 0 spiro atoms. The van der Waals surface area contributed by atoms with Crippen LogP contribution in [0.15, 0.2) is 48.5 Å². The van der Waals surface area contributed by atoms with E-state index in [1.54, 1.807) is 0 Å². The van der Waals surface area contributed by atoms with Crippen molar-refractivity contribution in [2.45, 2.75) is 25.5 Å². The van der Waals surface area contributed by atoms with E-state index in [4.69, 9.17) is 15.2 Å². The SMILES string of the molecule is CCOc1ccccc1C1C[C@H](N)c2ccccc2O1. The minimum atomic E-state index is -0.0531. The summed E-state index contributed by atoms with van der Waals surface area (Å²) < 4.78 is 11.8. The Bertz CT molecular complexity index is 597. The van der Waals surface area contributed by atoms with Crippen LogP contribution in [-0.2, 0) is 0 Å². The predicted octanol–water partition coefficient (Wildman–Crippen LogP) is 3.61. The third-order valence-electron chi connectivity index (χ3n) is 3.62. The average molecular weight is 269 g/mol.